The molecule has 2 saturated heterocycles. The minimum atomic E-state index is -0.600. The fraction of sp³-hybridized carbons (Fsp3) is 0.559. The number of nitrogens with two attached hydrogens (primary N) is 1. The average Bonchev–Trinajstić information content (AvgIpc) is 3.69. The maximum Gasteiger partial charge on any atom is 0.245 e. The Labute approximate surface area is 271 Å². The molecule has 0 unspecified atom stereocenters. The van der Waals surface area contributed by atoms with E-state index in [4.69, 9.17) is 5.73 Å². The third-order valence-corrected chi connectivity index (χ3v) is 9.12. The van der Waals surface area contributed by atoms with Crippen molar-refractivity contribution < 1.29 is 19.8 Å². The molecular weight excluding hydrogens is 584 g/mol. The lowest BCUT2D eigenvalue weighted by atomic mass is 9.85. The minimum Gasteiger partial charge on any atom is -0.507 e. The fourth-order valence-corrected chi connectivity index (χ4v) is 6.34. The summed E-state index contributed by atoms with van der Waals surface area (Å²) in [6.45, 7) is 9.70. The van der Waals surface area contributed by atoms with Gasteiger partial charge in [0.2, 0.25) is 11.8 Å². The molecule has 3 aromatic rings. The summed E-state index contributed by atoms with van der Waals surface area (Å²) >= 11 is 0. The number of nitrogens with zero attached hydrogens (tertiary/aromatic N) is 6. The summed E-state index contributed by atoms with van der Waals surface area (Å²) in [7, 11) is 0. The van der Waals surface area contributed by atoms with Gasteiger partial charge in [0.05, 0.1) is 24.0 Å². The van der Waals surface area contributed by atoms with Crippen LogP contribution >= 0.6 is 0 Å². The van der Waals surface area contributed by atoms with Crippen LogP contribution in [0.3, 0.4) is 0 Å². The van der Waals surface area contributed by atoms with Crippen LogP contribution in [0.1, 0.15) is 71.8 Å². The Bertz CT molecular complexity index is 1490. The molecule has 12 heteroatoms. The van der Waals surface area contributed by atoms with Crippen LogP contribution in [0.4, 0.5) is 5.82 Å². The highest BCUT2D eigenvalue weighted by Gasteiger charge is 2.37. The number of phenolic OH excluding ortho intramolecular Hbond substituents is 1. The summed E-state index contributed by atoms with van der Waals surface area (Å²) in [5.41, 5.74) is 8.51. The second-order valence-corrected chi connectivity index (χ2v) is 13.7. The number of amides is 2. The average molecular weight is 633 g/mol. The van der Waals surface area contributed by atoms with Crippen LogP contribution in [0.5, 0.6) is 5.75 Å². The number of para-hydroxylation sites is 1. The van der Waals surface area contributed by atoms with E-state index in [-0.39, 0.29) is 17.6 Å². The van der Waals surface area contributed by atoms with Gasteiger partial charge in [0.15, 0.2) is 5.82 Å². The van der Waals surface area contributed by atoms with Gasteiger partial charge in [-0.05, 0) is 62.3 Å². The molecule has 2 fully saturated rings. The van der Waals surface area contributed by atoms with Crippen molar-refractivity contribution in [3.63, 3.8) is 0 Å². The maximum atomic E-state index is 13.1. The smallest absolute Gasteiger partial charge is 0.245 e. The van der Waals surface area contributed by atoms with E-state index in [9.17, 15) is 19.8 Å². The number of carbonyl (C=O) groups excluding carboxylic acids is 2. The topological polar surface area (TPSA) is 163 Å². The highest BCUT2D eigenvalue weighted by Crippen LogP contribution is 2.33. The third-order valence-electron chi connectivity index (χ3n) is 9.12. The lowest BCUT2D eigenvalue weighted by molar-refractivity contribution is -0.138. The number of carbonyl (C=O) groups is 2. The molecule has 2 aliphatic rings. The molecule has 5 N–H and O–H groups in total. The Morgan fingerprint density at radius 2 is 1.80 bits per heavy atom. The number of aromatic hydroxyl groups is 1. The molecular formula is C34H48N8O4. The molecule has 2 aromatic heterocycles. The molecule has 0 saturated carbocycles. The van der Waals surface area contributed by atoms with Gasteiger partial charge >= 0.3 is 0 Å². The lowest BCUT2D eigenvalue weighted by Crippen LogP contribution is -2.54. The summed E-state index contributed by atoms with van der Waals surface area (Å²) < 4.78 is 2.02. The number of benzene rings is 1. The lowest BCUT2D eigenvalue weighted by Gasteiger charge is -2.33. The van der Waals surface area contributed by atoms with Gasteiger partial charge in [0.1, 0.15) is 11.8 Å². The number of anilines is 1. The number of hydrogen-bond acceptors (Lipinski definition) is 9. The highest BCUT2D eigenvalue weighted by atomic mass is 16.3. The minimum absolute atomic E-state index is 0.0915. The van der Waals surface area contributed by atoms with Crippen LogP contribution in [0.2, 0.25) is 0 Å². The molecule has 0 aliphatic carbocycles. The van der Waals surface area contributed by atoms with Crippen molar-refractivity contribution in [3.8, 4) is 28.1 Å². The Kier molecular flexibility index (Phi) is 10.6. The third kappa shape index (κ3) is 8.21. The van der Waals surface area contributed by atoms with E-state index >= 15 is 0 Å². The predicted molar refractivity (Wildman–Crippen MR) is 177 cm³/mol. The molecule has 5 rings (SSSR count). The number of β-amino-alcohol motifs (C(OH)–C–C–N with tert-alkyl or cyclic N) is 1. The van der Waals surface area contributed by atoms with Crippen molar-refractivity contribution in [3.05, 3.63) is 42.7 Å². The number of likely N-dealkylation sites (tertiary alicyclic amines) is 2. The summed E-state index contributed by atoms with van der Waals surface area (Å²) in [5, 5.41) is 36.0. The maximum absolute atomic E-state index is 13.1. The largest absolute Gasteiger partial charge is 0.507 e. The van der Waals surface area contributed by atoms with Gasteiger partial charge in [-0.15, -0.1) is 10.2 Å². The number of aromatic nitrogens is 4. The van der Waals surface area contributed by atoms with Gasteiger partial charge in [0, 0.05) is 55.5 Å². The molecule has 0 bridgehead atoms. The number of aliphatic hydroxyl groups is 1. The van der Waals surface area contributed by atoms with E-state index in [0.29, 0.717) is 49.0 Å². The zero-order valence-electron chi connectivity index (χ0n) is 27.2. The Hall–Kier alpha value is -4.03. The Morgan fingerprint density at radius 3 is 2.50 bits per heavy atom. The van der Waals surface area contributed by atoms with E-state index in [1.807, 2.05) is 43.8 Å². The van der Waals surface area contributed by atoms with Gasteiger partial charge in [-0.3, -0.25) is 14.3 Å². The van der Waals surface area contributed by atoms with Crippen molar-refractivity contribution >= 4 is 17.6 Å². The second-order valence-electron chi connectivity index (χ2n) is 13.7. The van der Waals surface area contributed by atoms with E-state index in [2.05, 4.69) is 25.5 Å². The van der Waals surface area contributed by atoms with Gasteiger partial charge in [-0.2, -0.15) is 5.10 Å². The molecule has 2 atom stereocenters. The molecule has 0 spiro atoms. The van der Waals surface area contributed by atoms with E-state index < -0.39 is 17.6 Å². The highest BCUT2D eigenvalue weighted by molar-refractivity contribution is 5.88. The SMILES string of the molecule is CC(C)(C)[C@H](NC(=O)CCCCCN1CCC(n2cc(-c3cc(-c4ccccc4O)nnc3N)cn2)CC1)C(=O)N1CC[C@@H](O)C1. The molecule has 12 nitrogen and oxygen atoms in total. The number of rotatable bonds is 11. The Balaban J connectivity index is 1.04. The van der Waals surface area contributed by atoms with Crippen LogP contribution in [0.25, 0.3) is 22.4 Å². The number of unbranched alkanes of at least 4 members (excludes halogenated alkanes) is 2. The molecule has 248 valence electrons. The quantitative estimate of drug-likeness (QED) is 0.231. The van der Waals surface area contributed by atoms with E-state index in [1.165, 1.54) is 0 Å². The second kappa shape index (κ2) is 14.6. The van der Waals surface area contributed by atoms with Crippen molar-refractivity contribution in [2.24, 2.45) is 5.41 Å². The first-order chi connectivity index (χ1) is 22.0. The number of piperidine rings is 1. The number of hydrogen-bond donors (Lipinski definition) is 4. The standard InChI is InChI=1S/C34H48N8O4/c1-34(2,3)31(33(46)41-18-14-25(43)22-41)37-30(45)11-5-4-8-15-40-16-12-24(13-17-40)42-21-23(20-36-42)27-19-28(38-39-32(27)35)26-9-6-7-10-29(26)44/h6-7,9-10,19-21,24-25,31,43-44H,4-5,8,11-18,22H2,1-3H3,(H2,35,39)(H,37,45)/t25-,31-/m1/s1. The fourth-order valence-electron chi connectivity index (χ4n) is 6.34. The van der Waals surface area contributed by atoms with Crippen molar-refractivity contribution in [2.45, 2.75) is 83.9 Å². The normalized spacial score (nSPS) is 18.5. The monoisotopic (exact) mass is 632 g/mol. The molecule has 2 aliphatic heterocycles. The van der Waals surface area contributed by atoms with Gasteiger partial charge in [0.25, 0.3) is 0 Å². The predicted octanol–water partition coefficient (Wildman–Crippen LogP) is 3.62. The summed E-state index contributed by atoms with van der Waals surface area (Å²) in [4.78, 5) is 30.0. The zero-order chi connectivity index (χ0) is 32.8. The van der Waals surface area contributed by atoms with Crippen LogP contribution in [-0.4, -0.2) is 96.7 Å². The number of nitrogen functional groups attached to an aromatic ring is 1. The summed E-state index contributed by atoms with van der Waals surface area (Å²) in [5.74, 6) is 0.255. The molecule has 46 heavy (non-hydrogen) atoms. The first-order valence-electron chi connectivity index (χ1n) is 16.4. The van der Waals surface area contributed by atoms with Crippen LogP contribution < -0.4 is 11.1 Å². The zero-order valence-corrected chi connectivity index (χ0v) is 27.2. The number of phenols is 1. The van der Waals surface area contributed by atoms with E-state index in [1.54, 1.807) is 29.3 Å². The first-order valence-corrected chi connectivity index (χ1v) is 16.4. The number of nitrogens with one attached hydrogen (secondary N) is 1. The first kappa shape index (κ1) is 33.3. The van der Waals surface area contributed by atoms with Crippen LogP contribution in [0, 0.1) is 5.41 Å². The van der Waals surface area contributed by atoms with Crippen molar-refractivity contribution in [1.29, 1.82) is 0 Å². The van der Waals surface area contributed by atoms with Crippen LogP contribution in [-0.2, 0) is 9.59 Å². The van der Waals surface area contributed by atoms with Gasteiger partial charge in [-0.1, -0.05) is 39.3 Å². The summed E-state index contributed by atoms with van der Waals surface area (Å²) in [6, 6.07) is 8.56. The molecule has 2 amide bonds. The summed E-state index contributed by atoms with van der Waals surface area (Å²) in [6.07, 6.45) is 9.06. The van der Waals surface area contributed by atoms with Crippen molar-refractivity contribution in [1.82, 2.24) is 35.1 Å². The molecule has 1 aromatic carbocycles. The molecule has 0 radical (unpaired) electrons. The van der Waals surface area contributed by atoms with Crippen molar-refractivity contribution in [2.75, 3.05) is 38.5 Å². The van der Waals surface area contributed by atoms with E-state index in [0.717, 1.165) is 62.9 Å². The number of aliphatic hydroxyl groups excluding tert-OH is 1. The molecule has 4 heterocycles. The Morgan fingerprint density at radius 1 is 1.04 bits per heavy atom. The van der Waals surface area contributed by atoms with Crippen LogP contribution in [0.15, 0.2) is 42.7 Å². The van der Waals surface area contributed by atoms with Gasteiger partial charge < -0.3 is 31.1 Å². The van der Waals surface area contributed by atoms with Gasteiger partial charge in [-0.25, -0.2) is 0 Å².